The number of alkyl halides is 3. The Morgan fingerprint density at radius 3 is 2.07 bits per heavy atom. The first-order chi connectivity index (χ1) is 13.0. The molecule has 150 valence electrons. The van der Waals surface area contributed by atoms with Gasteiger partial charge in [0.25, 0.3) is 0 Å². The van der Waals surface area contributed by atoms with E-state index < -0.39 is 30.4 Å². The van der Waals surface area contributed by atoms with Crippen LogP contribution in [-0.2, 0) is 15.9 Å². The van der Waals surface area contributed by atoms with Crippen molar-refractivity contribution in [3.63, 3.8) is 0 Å². The average Bonchev–Trinajstić information content (AvgIpc) is 2.81. The van der Waals surface area contributed by atoms with Crippen molar-refractivity contribution in [1.29, 1.82) is 0 Å². The molecule has 0 aliphatic carbocycles. The smallest absolute Gasteiger partial charge is 0.485 e. The topological polar surface area (TPSA) is 36.9 Å². The molecule has 3 rings (SSSR count). The van der Waals surface area contributed by atoms with Gasteiger partial charge < -0.3 is 18.8 Å². The molecule has 0 bridgehead atoms. The van der Waals surface area contributed by atoms with Crippen LogP contribution in [0, 0.1) is 0 Å². The Bertz CT molecular complexity index is 806. The van der Waals surface area contributed by atoms with E-state index in [2.05, 4.69) is 4.74 Å². The lowest BCUT2D eigenvalue weighted by Crippen LogP contribution is -2.41. The van der Waals surface area contributed by atoms with E-state index in [4.69, 9.17) is 14.0 Å². The predicted molar refractivity (Wildman–Crippen MR) is 99.6 cm³/mol. The van der Waals surface area contributed by atoms with Gasteiger partial charge in [-0.05, 0) is 50.9 Å². The molecule has 1 saturated heterocycles. The molecule has 0 unspecified atom stereocenters. The molecule has 2 aromatic carbocycles. The first-order valence-electron chi connectivity index (χ1n) is 8.89. The lowest BCUT2D eigenvalue weighted by atomic mass is 9.79. The molecule has 0 N–H and O–H groups in total. The van der Waals surface area contributed by atoms with Gasteiger partial charge >= 0.3 is 13.5 Å². The highest BCUT2D eigenvalue weighted by molar-refractivity contribution is 6.62. The van der Waals surface area contributed by atoms with Gasteiger partial charge in [0, 0.05) is 0 Å². The minimum atomic E-state index is -4.85. The van der Waals surface area contributed by atoms with Crippen LogP contribution in [0.5, 0.6) is 11.5 Å². The lowest BCUT2D eigenvalue weighted by Gasteiger charge is -2.32. The first kappa shape index (κ1) is 20.5. The average molecular weight is 394 g/mol. The molecule has 0 spiro atoms. The third-order valence-corrected chi connectivity index (χ3v) is 4.96. The van der Waals surface area contributed by atoms with E-state index in [0.717, 1.165) is 5.56 Å². The third-order valence-electron chi connectivity index (χ3n) is 4.96. The summed E-state index contributed by atoms with van der Waals surface area (Å²) in [5.41, 5.74) is 0.0385. The Hall–Kier alpha value is -2.19. The second kappa shape index (κ2) is 7.33. The summed E-state index contributed by atoms with van der Waals surface area (Å²) in [7, 11) is -0.802. The molecule has 1 aliphatic rings. The summed E-state index contributed by atoms with van der Waals surface area (Å²) in [6.45, 7) is 7.61. The largest absolute Gasteiger partial charge is 0.573 e. The maximum Gasteiger partial charge on any atom is 0.573 e. The highest BCUT2D eigenvalue weighted by Crippen LogP contribution is 2.38. The van der Waals surface area contributed by atoms with Gasteiger partial charge in [-0.3, -0.25) is 0 Å². The second-order valence-corrected chi connectivity index (χ2v) is 7.62. The third kappa shape index (κ3) is 4.62. The monoisotopic (exact) mass is 394 g/mol. The van der Waals surface area contributed by atoms with Crippen LogP contribution in [0.25, 0.3) is 0 Å². The Kier molecular flexibility index (Phi) is 5.38. The van der Waals surface area contributed by atoms with E-state index in [-0.39, 0.29) is 12.4 Å². The maximum absolute atomic E-state index is 12.9. The molecule has 1 heterocycles. The Morgan fingerprint density at radius 1 is 0.893 bits per heavy atom. The SMILES string of the molecule is CC1(C)OB(c2ccc(OCc3ccccc3)c(OC(F)(F)F)c2)OC1(C)C. The lowest BCUT2D eigenvalue weighted by molar-refractivity contribution is -0.275. The van der Waals surface area contributed by atoms with Crippen molar-refractivity contribution in [3.8, 4) is 11.5 Å². The first-order valence-corrected chi connectivity index (χ1v) is 8.89. The number of hydrogen-bond donors (Lipinski definition) is 0. The molecule has 8 heteroatoms. The quantitative estimate of drug-likeness (QED) is 0.702. The van der Waals surface area contributed by atoms with Crippen LogP contribution in [0.3, 0.4) is 0 Å². The van der Waals surface area contributed by atoms with E-state index in [1.807, 2.05) is 58.0 Å². The van der Waals surface area contributed by atoms with E-state index in [0.29, 0.717) is 5.46 Å². The van der Waals surface area contributed by atoms with Crippen LogP contribution in [0.1, 0.15) is 33.3 Å². The predicted octanol–water partition coefficient (Wildman–Crippen LogP) is 4.46. The molecule has 0 radical (unpaired) electrons. The summed E-state index contributed by atoms with van der Waals surface area (Å²) in [6.07, 6.45) is -4.85. The molecule has 2 aromatic rings. The highest BCUT2D eigenvalue weighted by atomic mass is 19.4. The molecule has 1 aliphatic heterocycles. The van der Waals surface area contributed by atoms with Crippen LogP contribution >= 0.6 is 0 Å². The van der Waals surface area contributed by atoms with Crippen LogP contribution in [0.4, 0.5) is 13.2 Å². The molecule has 28 heavy (non-hydrogen) atoms. The molecule has 0 aromatic heterocycles. The van der Waals surface area contributed by atoms with Gasteiger partial charge in [-0.15, -0.1) is 13.2 Å². The number of benzene rings is 2. The van der Waals surface area contributed by atoms with E-state index in [1.54, 1.807) is 6.07 Å². The Labute approximate surface area is 162 Å². The van der Waals surface area contributed by atoms with Crippen LogP contribution < -0.4 is 14.9 Å². The van der Waals surface area contributed by atoms with Crippen molar-refractivity contribution in [2.75, 3.05) is 0 Å². The Morgan fingerprint density at radius 2 is 1.50 bits per heavy atom. The summed E-state index contributed by atoms with van der Waals surface area (Å²) < 4.78 is 60.3. The van der Waals surface area contributed by atoms with Gasteiger partial charge in [0.05, 0.1) is 11.2 Å². The van der Waals surface area contributed by atoms with Crippen molar-refractivity contribution < 1.29 is 32.0 Å². The second-order valence-electron chi connectivity index (χ2n) is 7.62. The van der Waals surface area contributed by atoms with Crippen molar-refractivity contribution in [2.45, 2.75) is 51.9 Å². The van der Waals surface area contributed by atoms with Gasteiger partial charge in [0.1, 0.15) is 6.61 Å². The number of hydrogen-bond acceptors (Lipinski definition) is 4. The molecule has 1 fully saturated rings. The van der Waals surface area contributed by atoms with Crippen LogP contribution in [0.15, 0.2) is 48.5 Å². The number of halogens is 3. The van der Waals surface area contributed by atoms with Crippen molar-refractivity contribution in [1.82, 2.24) is 0 Å². The number of ether oxygens (including phenoxy) is 2. The van der Waals surface area contributed by atoms with E-state index >= 15 is 0 Å². The number of rotatable bonds is 5. The van der Waals surface area contributed by atoms with Crippen LogP contribution in [0.2, 0.25) is 0 Å². The van der Waals surface area contributed by atoms with Gasteiger partial charge in [-0.1, -0.05) is 36.4 Å². The van der Waals surface area contributed by atoms with Gasteiger partial charge in [-0.25, -0.2) is 0 Å². The fourth-order valence-corrected chi connectivity index (χ4v) is 2.71. The van der Waals surface area contributed by atoms with E-state index in [9.17, 15) is 13.2 Å². The van der Waals surface area contributed by atoms with Crippen molar-refractivity contribution in [2.24, 2.45) is 0 Å². The van der Waals surface area contributed by atoms with Crippen molar-refractivity contribution >= 4 is 12.6 Å². The van der Waals surface area contributed by atoms with Gasteiger partial charge in [0.15, 0.2) is 11.5 Å². The van der Waals surface area contributed by atoms with Crippen molar-refractivity contribution in [3.05, 3.63) is 54.1 Å². The zero-order chi connectivity index (χ0) is 20.6. The normalized spacial score (nSPS) is 18.2. The minimum absolute atomic E-state index is 0.0126. The fraction of sp³-hybridized carbons (Fsp3) is 0.400. The van der Waals surface area contributed by atoms with Gasteiger partial charge in [0.2, 0.25) is 0 Å². The highest BCUT2D eigenvalue weighted by Gasteiger charge is 2.52. The molecular formula is C20H22BF3O4. The van der Waals surface area contributed by atoms with Crippen LogP contribution in [-0.4, -0.2) is 24.7 Å². The zero-order valence-corrected chi connectivity index (χ0v) is 16.2. The molecule has 0 atom stereocenters. The molecule has 4 nitrogen and oxygen atoms in total. The summed E-state index contributed by atoms with van der Waals surface area (Å²) in [6, 6.07) is 13.4. The molecule has 0 saturated carbocycles. The fourth-order valence-electron chi connectivity index (χ4n) is 2.71. The van der Waals surface area contributed by atoms with E-state index in [1.165, 1.54) is 12.1 Å². The minimum Gasteiger partial charge on any atom is -0.485 e. The summed E-state index contributed by atoms with van der Waals surface area (Å²) in [5, 5.41) is 0. The standard InChI is InChI=1S/C20H22BF3O4/c1-18(2)19(3,4)28-21(27-18)15-10-11-16(17(12-15)26-20(22,23)24)25-13-14-8-6-5-7-9-14/h5-12H,13H2,1-4H3. The summed E-state index contributed by atoms with van der Waals surface area (Å²) >= 11 is 0. The zero-order valence-electron chi connectivity index (χ0n) is 16.2. The summed E-state index contributed by atoms with van der Waals surface area (Å²) in [4.78, 5) is 0. The summed E-state index contributed by atoms with van der Waals surface area (Å²) in [5.74, 6) is -0.447. The maximum atomic E-state index is 12.9. The molecule has 0 amide bonds. The Balaban J connectivity index is 1.85. The van der Waals surface area contributed by atoms with Gasteiger partial charge in [-0.2, -0.15) is 0 Å². The molecular weight excluding hydrogens is 372 g/mol.